The Hall–Kier alpha value is -1.56. The number of nitrogens with one attached hydrogen (secondary N) is 1. The first kappa shape index (κ1) is 14.4. The van der Waals surface area contributed by atoms with E-state index in [0.29, 0.717) is 18.2 Å². The molecule has 1 heterocycles. The zero-order valence-electron chi connectivity index (χ0n) is 11.5. The number of carbonyl (C=O) groups excluding carboxylic acids is 1. The van der Waals surface area contributed by atoms with Gasteiger partial charge in [0, 0.05) is 19.1 Å². The van der Waals surface area contributed by atoms with Crippen LogP contribution in [0.2, 0.25) is 0 Å². The molecule has 1 aromatic carbocycles. The van der Waals surface area contributed by atoms with E-state index in [1.165, 1.54) is 6.07 Å². The second-order valence-electron chi connectivity index (χ2n) is 5.74. The summed E-state index contributed by atoms with van der Waals surface area (Å²) in [5.74, 6) is -0.000637. The van der Waals surface area contributed by atoms with Crippen molar-refractivity contribution in [3.63, 3.8) is 0 Å². The van der Waals surface area contributed by atoms with E-state index in [9.17, 15) is 18.0 Å². The van der Waals surface area contributed by atoms with E-state index >= 15 is 0 Å². The topological polar surface area (TPSA) is 32.3 Å². The van der Waals surface area contributed by atoms with Crippen molar-refractivity contribution in [2.45, 2.75) is 44.1 Å². The van der Waals surface area contributed by atoms with E-state index in [1.807, 2.05) is 0 Å². The average molecular weight is 298 g/mol. The van der Waals surface area contributed by atoms with Crippen molar-refractivity contribution < 1.29 is 18.0 Å². The molecule has 1 saturated carbocycles. The van der Waals surface area contributed by atoms with Crippen molar-refractivity contribution in [2.24, 2.45) is 0 Å². The van der Waals surface area contributed by atoms with Gasteiger partial charge in [-0.2, -0.15) is 13.2 Å². The predicted molar refractivity (Wildman–Crippen MR) is 71.4 cm³/mol. The SMILES string of the molecule is O=C1C(NC2CC2)CCN1Cc1cccc(C(F)(F)F)c1. The number of benzene rings is 1. The summed E-state index contributed by atoms with van der Waals surface area (Å²) in [6.45, 7) is 0.838. The molecule has 1 aliphatic heterocycles. The zero-order valence-corrected chi connectivity index (χ0v) is 11.5. The van der Waals surface area contributed by atoms with Crippen LogP contribution in [0, 0.1) is 0 Å². The highest BCUT2D eigenvalue weighted by Gasteiger charge is 2.36. The molecule has 1 aliphatic carbocycles. The highest BCUT2D eigenvalue weighted by Crippen LogP contribution is 2.30. The van der Waals surface area contributed by atoms with Gasteiger partial charge in [-0.25, -0.2) is 0 Å². The first-order valence-electron chi connectivity index (χ1n) is 7.14. The van der Waals surface area contributed by atoms with Crippen LogP contribution in [0.3, 0.4) is 0 Å². The molecule has 0 bridgehead atoms. The van der Waals surface area contributed by atoms with Crippen LogP contribution in [0.25, 0.3) is 0 Å². The number of rotatable bonds is 4. The van der Waals surface area contributed by atoms with Gasteiger partial charge in [0.05, 0.1) is 11.6 Å². The van der Waals surface area contributed by atoms with Gasteiger partial charge in [-0.1, -0.05) is 12.1 Å². The normalized spacial score (nSPS) is 22.9. The van der Waals surface area contributed by atoms with Crippen molar-refractivity contribution >= 4 is 5.91 Å². The predicted octanol–water partition coefficient (Wildman–Crippen LogP) is 2.56. The number of likely N-dealkylation sites (tertiary alicyclic amines) is 1. The Morgan fingerprint density at radius 3 is 2.67 bits per heavy atom. The molecular formula is C15H17F3N2O. The number of hydrogen-bond acceptors (Lipinski definition) is 2. The van der Waals surface area contributed by atoms with Crippen molar-refractivity contribution in [3.05, 3.63) is 35.4 Å². The minimum absolute atomic E-state index is 0.000637. The Morgan fingerprint density at radius 1 is 1.24 bits per heavy atom. The molecule has 3 nitrogen and oxygen atoms in total. The second kappa shape index (κ2) is 5.33. The average Bonchev–Trinajstić information content (AvgIpc) is 3.18. The molecule has 2 fully saturated rings. The molecule has 3 rings (SSSR count). The van der Waals surface area contributed by atoms with Crippen LogP contribution in [0.15, 0.2) is 24.3 Å². The number of amides is 1. The van der Waals surface area contributed by atoms with E-state index in [4.69, 9.17) is 0 Å². The molecule has 0 aromatic heterocycles. The fourth-order valence-electron chi connectivity index (χ4n) is 2.65. The summed E-state index contributed by atoms with van der Waals surface area (Å²) >= 11 is 0. The number of alkyl halides is 3. The third-order valence-electron chi connectivity index (χ3n) is 3.94. The van der Waals surface area contributed by atoms with E-state index < -0.39 is 11.7 Å². The van der Waals surface area contributed by atoms with Gasteiger partial charge in [0.1, 0.15) is 0 Å². The van der Waals surface area contributed by atoms with Gasteiger partial charge in [0.15, 0.2) is 0 Å². The van der Waals surface area contributed by atoms with Crippen LogP contribution in [-0.2, 0) is 17.5 Å². The highest BCUT2D eigenvalue weighted by atomic mass is 19.4. The summed E-state index contributed by atoms with van der Waals surface area (Å²) in [5.41, 5.74) is -0.149. The van der Waals surface area contributed by atoms with E-state index in [-0.39, 0.29) is 18.5 Å². The van der Waals surface area contributed by atoms with E-state index in [1.54, 1.807) is 11.0 Å². The molecule has 1 unspecified atom stereocenters. The Balaban J connectivity index is 1.65. The quantitative estimate of drug-likeness (QED) is 0.926. The van der Waals surface area contributed by atoms with Crippen LogP contribution >= 0.6 is 0 Å². The third kappa shape index (κ3) is 3.37. The Labute approximate surface area is 121 Å². The van der Waals surface area contributed by atoms with Crippen molar-refractivity contribution in [2.75, 3.05) is 6.54 Å². The maximum Gasteiger partial charge on any atom is 0.416 e. The largest absolute Gasteiger partial charge is 0.416 e. The van der Waals surface area contributed by atoms with Crippen molar-refractivity contribution in [3.8, 4) is 0 Å². The minimum atomic E-state index is -4.35. The molecule has 1 saturated heterocycles. The van der Waals surface area contributed by atoms with Crippen LogP contribution in [0.4, 0.5) is 13.2 Å². The third-order valence-corrected chi connectivity index (χ3v) is 3.94. The standard InChI is InChI=1S/C15H17F3N2O/c16-15(17,18)11-3-1-2-10(8-11)9-20-7-6-13(14(20)21)19-12-4-5-12/h1-3,8,12-13,19H,4-7,9H2. The number of carbonyl (C=O) groups is 1. The summed E-state index contributed by atoms with van der Waals surface area (Å²) in [6, 6.07) is 5.47. The Morgan fingerprint density at radius 2 is 2.00 bits per heavy atom. The molecule has 1 atom stereocenters. The summed E-state index contributed by atoms with van der Waals surface area (Å²) in [7, 11) is 0. The van der Waals surface area contributed by atoms with Gasteiger partial charge in [-0.05, 0) is 37.0 Å². The highest BCUT2D eigenvalue weighted by molar-refractivity contribution is 5.84. The van der Waals surface area contributed by atoms with Crippen molar-refractivity contribution in [1.29, 1.82) is 0 Å². The maximum absolute atomic E-state index is 12.7. The molecule has 1 amide bonds. The fraction of sp³-hybridized carbons (Fsp3) is 0.533. The first-order chi connectivity index (χ1) is 9.93. The lowest BCUT2D eigenvalue weighted by molar-refractivity contribution is -0.137. The minimum Gasteiger partial charge on any atom is -0.337 e. The molecule has 0 radical (unpaired) electrons. The lowest BCUT2D eigenvalue weighted by atomic mass is 10.1. The first-order valence-corrected chi connectivity index (χ1v) is 7.14. The van der Waals surface area contributed by atoms with Gasteiger partial charge in [0.25, 0.3) is 0 Å². The Bertz CT molecular complexity index is 540. The van der Waals surface area contributed by atoms with Crippen LogP contribution < -0.4 is 5.32 Å². The number of nitrogens with zero attached hydrogens (tertiary/aromatic N) is 1. The van der Waals surface area contributed by atoms with Gasteiger partial charge in [-0.3, -0.25) is 4.79 Å². The summed E-state index contributed by atoms with van der Waals surface area (Å²) in [5, 5.41) is 3.28. The smallest absolute Gasteiger partial charge is 0.337 e. The molecule has 114 valence electrons. The van der Waals surface area contributed by atoms with E-state index in [0.717, 1.165) is 31.4 Å². The monoisotopic (exact) mass is 298 g/mol. The maximum atomic E-state index is 12.7. The number of hydrogen-bond donors (Lipinski definition) is 1. The fourth-order valence-corrected chi connectivity index (χ4v) is 2.65. The number of halogens is 3. The molecule has 1 aromatic rings. The lowest BCUT2D eigenvalue weighted by Crippen LogP contribution is -2.39. The van der Waals surface area contributed by atoms with Crippen LogP contribution in [-0.4, -0.2) is 29.4 Å². The van der Waals surface area contributed by atoms with Crippen LogP contribution in [0.5, 0.6) is 0 Å². The van der Waals surface area contributed by atoms with Gasteiger partial charge >= 0.3 is 6.18 Å². The zero-order chi connectivity index (χ0) is 15.0. The lowest BCUT2D eigenvalue weighted by Gasteiger charge is -2.18. The second-order valence-corrected chi connectivity index (χ2v) is 5.74. The summed E-state index contributed by atoms with van der Waals surface area (Å²) in [6.07, 6.45) is -1.40. The summed E-state index contributed by atoms with van der Waals surface area (Å²) in [4.78, 5) is 13.8. The van der Waals surface area contributed by atoms with Gasteiger partial charge in [-0.15, -0.1) is 0 Å². The van der Waals surface area contributed by atoms with Gasteiger partial charge in [0.2, 0.25) is 5.91 Å². The van der Waals surface area contributed by atoms with Crippen molar-refractivity contribution in [1.82, 2.24) is 10.2 Å². The summed E-state index contributed by atoms with van der Waals surface area (Å²) < 4.78 is 38.0. The molecule has 6 heteroatoms. The molecule has 2 aliphatic rings. The van der Waals surface area contributed by atoms with Crippen LogP contribution in [0.1, 0.15) is 30.4 Å². The molecule has 1 N–H and O–H groups in total. The van der Waals surface area contributed by atoms with Gasteiger partial charge < -0.3 is 10.2 Å². The Kier molecular flexibility index (Phi) is 3.65. The molecular weight excluding hydrogens is 281 g/mol. The molecule has 21 heavy (non-hydrogen) atoms. The van der Waals surface area contributed by atoms with E-state index in [2.05, 4.69) is 5.32 Å². The molecule has 0 spiro atoms.